The first kappa shape index (κ1) is 8.94. The maximum Gasteiger partial charge on any atom is 0.140 e. The number of ketones is 1. The van der Waals surface area contributed by atoms with E-state index in [1.807, 2.05) is 0 Å². The van der Waals surface area contributed by atoms with E-state index in [9.17, 15) is 4.79 Å². The third kappa shape index (κ3) is 0.697. The van der Waals surface area contributed by atoms with E-state index in [1.165, 1.54) is 19.3 Å². The normalized spacial score (nSPS) is 60.8. The molecule has 0 aromatic heterocycles. The van der Waals surface area contributed by atoms with Crippen LogP contribution >= 0.6 is 0 Å². The summed E-state index contributed by atoms with van der Waals surface area (Å²) in [6, 6.07) is 0. The van der Waals surface area contributed by atoms with Gasteiger partial charge in [0.15, 0.2) is 0 Å². The van der Waals surface area contributed by atoms with Crippen LogP contribution in [0.2, 0.25) is 0 Å². The molecule has 78 valence electrons. The lowest BCUT2D eigenvalue weighted by molar-refractivity contribution is -0.138. The number of hydrogen-bond donors (Lipinski definition) is 0. The summed E-state index contributed by atoms with van der Waals surface area (Å²) < 4.78 is 0. The van der Waals surface area contributed by atoms with Crippen LogP contribution in [0.3, 0.4) is 0 Å². The number of carbonyl (C=O) groups excluding carboxylic acids is 1. The minimum absolute atomic E-state index is 0.166. The molecule has 0 N–H and O–H groups in total. The van der Waals surface area contributed by atoms with Gasteiger partial charge in [-0.2, -0.15) is 0 Å². The summed E-state index contributed by atoms with van der Waals surface area (Å²) >= 11 is 0. The molecule has 3 unspecified atom stereocenters. The summed E-state index contributed by atoms with van der Waals surface area (Å²) in [5.41, 5.74) is 0.519. The third-order valence-electron chi connectivity index (χ3n) is 6.00. The Kier molecular flexibility index (Phi) is 1.44. The molecule has 0 bridgehead atoms. The van der Waals surface area contributed by atoms with Crippen LogP contribution in [0, 0.1) is 28.6 Å². The molecule has 1 nitrogen and oxygen atoms in total. The lowest BCUT2D eigenvalue weighted by Gasteiger charge is -2.47. The predicted octanol–water partition coefficient (Wildman–Crippen LogP) is 3.04. The monoisotopic (exact) mass is 192 g/mol. The molecule has 1 spiro atoms. The van der Waals surface area contributed by atoms with Gasteiger partial charge in [-0.15, -0.1) is 0 Å². The predicted molar refractivity (Wildman–Crippen MR) is 55.8 cm³/mol. The van der Waals surface area contributed by atoms with Gasteiger partial charge >= 0.3 is 0 Å². The van der Waals surface area contributed by atoms with Crippen LogP contribution in [0.15, 0.2) is 0 Å². The van der Waals surface area contributed by atoms with Gasteiger partial charge in [-0.25, -0.2) is 0 Å². The average molecular weight is 192 g/mol. The largest absolute Gasteiger partial charge is 0.299 e. The van der Waals surface area contributed by atoms with E-state index >= 15 is 0 Å². The summed E-state index contributed by atoms with van der Waals surface area (Å²) in [5.74, 6) is 2.73. The van der Waals surface area contributed by atoms with Crippen molar-refractivity contribution in [3.8, 4) is 0 Å². The summed E-state index contributed by atoms with van der Waals surface area (Å²) in [7, 11) is 0. The molecule has 3 aliphatic rings. The molecule has 0 saturated heterocycles. The molecule has 0 aromatic rings. The van der Waals surface area contributed by atoms with E-state index in [-0.39, 0.29) is 5.41 Å². The first-order chi connectivity index (χ1) is 6.52. The Morgan fingerprint density at radius 1 is 1.36 bits per heavy atom. The Balaban J connectivity index is 2.07. The van der Waals surface area contributed by atoms with Crippen LogP contribution in [0.5, 0.6) is 0 Å². The lowest BCUT2D eigenvalue weighted by atomic mass is 9.56. The molecule has 1 heteroatoms. The van der Waals surface area contributed by atoms with Crippen LogP contribution in [0.4, 0.5) is 0 Å². The average Bonchev–Trinajstić information content (AvgIpc) is 2.80. The molecule has 0 amide bonds. The molecule has 3 rings (SSSR count). The van der Waals surface area contributed by atoms with Crippen molar-refractivity contribution in [2.24, 2.45) is 28.6 Å². The molecule has 0 aromatic carbocycles. The van der Waals surface area contributed by atoms with Crippen LogP contribution in [0.25, 0.3) is 0 Å². The van der Waals surface area contributed by atoms with Crippen LogP contribution < -0.4 is 0 Å². The number of Topliss-reactive ketones (excluding diaryl/α,β-unsaturated/α-hetero) is 1. The molecule has 3 aliphatic carbocycles. The minimum Gasteiger partial charge on any atom is -0.299 e. The van der Waals surface area contributed by atoms with Crippen LogP contribution in [-0.4, -0.2) is 5.78 Å². The van der Waals surface area contributed by atoms with Crippen molar-refractivity contribution >= 4 is 5.78 Å². The highest BCUT2D eigenvalue weighted by Gasteiger charge is 2.75. The van der Waals surface area contributed by atoms with Crippen molar-refractivity contribution in [1.82, 2.24) is 0 Å². The summed E-state index contributed by atoms with van der Waals surface area (Å²) in [6.07, 6.45) is 4.70. The molecule has 3 fully saturated rings. The van der Waals surface area contributed by atoms with Crippen molar-refractivity contribution in [3.63, 3.8) is 0 Å². The van der Waals surface area contributed by atoms with E-state index in [1.54, 1.807) is 0 Å². The van der Waals surface area contributed by atoms with E-state index < -0.39 is 0 Å². The number of hydrogen-bond acceptors (Lipinski definition) is 1. The smallest absolute Gasteiger partial charge is 0.140 e. The standard InChI is InChI=1S/C13H20O/c1-8-6-11(14)13-7-10(13)4-5-12(13,3)9(8)2/h8-10H,4-7H2,1-3H3/t8?,9?,10?,12-,13+/m1/s1. The van der Waals surface area contributed by atoms with Crippen molar-refractivity contribution in [2.45, 2.75) is 46.5 Å². The van der Waals surface area contributed by atoms with Gasteiger partial charge < -0.3 is 0 Å². The zero-order valence-corrected chi connectivity index (χ0v) is 9.47. The van der Waals surface area contributed by atoms with Gasteiger partial charge in [0.2, 0.25) is 0 Å². The second kappa shape index (κ2) is 2.25. The molecule has 3 saturated carbocycles. The maximum atomic E-state index is 12.2. The maximum absolute atomic E-state index is 12.2. The van der Waals surface area contributed by atoms with Crippen molar-refractivity contribution in [3.05, 3.63) is 0 Å². The third-order valence-corrected chi connectivity index (χ3v) is 6.00. The quantitative estimate of drug-likeness (QED) is 0.576. The van der Waals surface area contributed by atoms with Gasteiger partial charge in [-0.3, -0.25) is 4.79 Å². The Labute approximate surface area is 86.3 Å². The van der Waals surface area contributed by atoms with Crippen LogP contribution in [-0.2, 0) is 4.79 Å². The van der Waals surface area contributed by atoms with E-state index in [0.717, 1.165) is 18.3 Å². The Bertz CT molecular complexity index is 308. The zero-order chi connectivity index (χ0) is 10.1. The van der Waals surface area contributed by atoms with E-state index in [2.05, 4.69) is 20.8 Å². The first-order valence-electron chi connectivity index (χ1n) is 6.05. The molecule has 0 aliphatic heterocycles. The number of carbonyl (C=O) groups is 1. The van der Waals surface area contributed by atoms with E-state index in [0.29, 0.717) is 17.1 Å². The molecule has 5 atom stereocenters. The Morgan fingerprint density at radius 2 is 2.07 bits per heavy atom. The van der Waals surface area contributed by atoms with Gasteiger partial charge in [0.05, 0.1) is 0 Å². The highest BCUT2D eigenvalue weighted by atomic mass is 16.1. The molecule has 0 radical (unpaired) electrons. The molecule has 14 heavy (non-hydrogen) atoms. The van der Waals surface area contributed by atoms with Gasteiger partial charge in [0, 0.05) is 11.8 Å². The Morgan fingerprint density at radius 3 is 2.71 bits per heavy atom. The summed E-state index contributed by atoms with van der Waals surface area (Å²) in [4.78, 5) is 12.2. The van der Waals surface area contributed by atoms with Gasteiger partial charge in [0.25, 0.3) is 0 Å². The summed E-state index contributed by atoms with van der Waals surface area (Å²) in [6.45, 7) is 7.02. The fraction of sp³-hybridized carbons (Fsp3) is 0.923. The fourth-order valence-electron chi connectivity index (χ4n) is 4.65. The second-order valence-corrected chi connectivity index (χ2v) is 6.22. The van der Waals surface area contributed by atoms with Crippen molar-refractivity contribution < 1.29 is 4.79 Å². The van der Waals surface area contributed by atoms with Gasteiger partial charge in [-0.1, -0.05) is 20.8 Å². The fourth-order valence-corrected chi connectivity index (χ4v) is 4.65. The highest BCUT2D eigenvalue weighted by molar-refractivity contribution is 5.90. The summed E-state index contributed by atoms with van der Waals surface area (Å²) in [5, 5.41) is 0. The van der Waals surface area contributed by atoms with Crippen molar-refractivity contribution in [1.29, 1.82) is 0 Å². The Hall–Kier alpha value is -0.330. The van der Waals surface area contributed by atoms with Gasteiger partial charge in [0.1, 0.15) is 5.78 Å². The highest BCUT2D eigenvalue weighted by Crippen LogP contribution is 2.77. The topological polar surface area (TPSA) is 17.1 Å². The zero-order valence-electron chi connectivity index (χ0n) is 9.47. The number of rotatable bonds is 0. The van der Waals surface area contributed by atoms with Gasteiger partial charge in [-0.05, 0) is 42.4 Å². The minimum atomic E-state index is 0.166. The molecule has 0 heterocycles. The molecular weight excluding hydrogens is 172 g/mol. The van der Waals surface area contributed by atoms with Crippen LogP contribution in [0.1, 0.15) is 46.5 Å². The molecular formula is C13H20O. The van der Waals surface area contributed by atoms with E-state index in [4.69, 9.17) is 0 Å². The lowest BCUT2D eigenvalue weighted by Crippen LogP contribution is -2.46. The SMILES string of the molecule is CC1CC(=O)[C@]23CC2CC[C@]3(C)C1C. The second-order valence-electron chi connectivity index (χ2n) is 6.22. The first-order valence-corrected chi connectivity index (χ1v) is 6.05. The van der Waals surface area contributed by atoms with Crippen molar-refractivity contribution in [2.75, 3.05) is 0 Å².